The van der Waals surface area contributed by atoms with Gasteiger partial charge in [0.2, 0.25) is 5.91 Å². The van der Waals surface area contributed by atoms with Gasteiger partial charge in [0, 0.05) is 29.5 Å². The Kier molecular flexibility index (Phi) is 5.82. The van der Waals surface area contributed by atoms with E-state index in [1.807, 2.05) is 24.0 Å². The van der Waals surface area contributed by atoms with Gasteiger partial charge in [-0.25, -0.2) is 0 Å². The molecule has 1 heterocycles. The van der Waals surface area contributed by atoms with Gasteiger partial charge in [-0.1, -0.05) is 35.0 Å². The molecule has 4 heteroatoms. The number of amides is 1. The highest BCUT2D eigenvalue weighted by atomic mass is 79.9. The van der Waals surface area contributed by atoms with Crippen molar-refractivity contribution in [2.24, 2.45) is 5.73 Å². The van der Waals surface area contributed by atoms with E-state index in [-0.39, 0.29) is 23.9 Å². The number of carbonyl (C=O) groups excluding carboxylic acids is 1. The van der Waals surface area contributed by atoms with Gasteiger partial charge in [0.05, 0.1) is 0 Å². The molecule has 0 bridgehead atoms. The summed E-state index contributed by atoms with van der Waals surface area (Å²) in [7, 11) is 0. The highest BCUT2D eigenvalue weighted by Gasteiger charge is 2.29. The maximum atomic E-state index is 12.6. The normalized spacial score (nSPS) is 21.9. The third-order valence-corrected chi connectivity index (χ3v) is 4.93. The molecule has 1 aromatic rings. The van der Waals surface area contributed by atoms with E-state index in [1.165, 1.54) is 12.0 Å². The maximum Gasteiger partial charge on any atom is 0.223 e. The summed E-state index contributed by atoms with van der Waals surface area (Å²) in [5.74, 6) is 0.480. The van der Waals surface area contributed by atoms with Gasteiger partial charge in [-0.2, -0.15) is 0 Å². The Hall–Kier alpha value is -0.870. The molecule has 1 aliphatic heterocycles. The average Bonchev–Trinajstić information content (AvgIpc) is 2.47. The van der Waals surface area contributed by atoms with Crippen LogP contribution < -0.4 is 5.73 Å². The molecule has 3 atom stereocenters. The fraction of sp³-hybridized carbons (Fsp3) is 0.588. The van der Waals surface area contributed by atoms with Crippen LogP contribution in [0.5, 0.6) is 0 Å². The van der Waals surface area contributed by atoms with Crippen LogP contribution in [0, 0.1) is 0 Å². The Morgan fingerprint density at radius 2 is 2.00 bits per heavy atom. The first-order valence-electron chi connectivity index (χ1n) is 7.79. The van der Waals surface area contributed by atoms with Crippen LogP contribution in [-0.4, -0.2) is 29.4 Å². The van der Waals surface area contributed by atoms with Crippen molar-refractivity contribution in [2.75, 3.05) is 6.54 Å². The zero-order valence-electron chi connectivity index (χ0n) is 12.9. The fourth-order valence-electron chi connectivity index (χ4n) is 3.10. The Balaban J connectivity index is 2.00. The molecular weight excluding hydrogens is 328 g/mol. The van der Waals surface area contributed by atoms with Gasteiger partial charge in [-0.05, 0) is 49.8 Å². The van der Waals surface area contributed by atoms with Crippen molar-refractivity contribution < 1.29 is 4.79 Å². The number of rotatable bonds is 4. The molecular formula is C17H25BrN2O. The van der Waals surface area contributed by atoms with Crippen molar-refractivity contribution in [2.45, 2.75) is 57.5 Å². The van der Waals surface area contributed by atoms with Gasteiger partial charge in [-0.15, -0.1) is 0 Å². The van der Waals surface area contributed by atoms with Crippen LogP contribution in [0.25, 0.3) is 0 Å². The summed E-state index contributed by atoms with van der Waals surface area (Å²) in [6.07, 6.45) is 3.88. The van der Waals surface area contributed by atoms with Crippen LogP contribution in [0.4, 0.5) is 0 Å². The molecule has 1 aromatic carbocycles. The van der Waals surface area contributed by atoms with E-state index in [4.69, 9.17) is 5.73 Å². The molecule has 0 spiro atoms. The second-order valence-electron chi connectivity index (χ2n) is 6.17. The van der Waals surface area contributed by atoms with Crippen molar-refractivity contribution in [1.82, 2.24) is 4.90 Å². The zero-order valence-corrected chi connectivity index (χ0v) is 14.5. The van der Waals surface area contributed by atoms with Crippen LogP contribution in [0.15, 0.2) is 28.7 Å². The van der Waals surface area contributed by atoms with Crippen LogP contribution in [0.1, 0.15) is 51.0 Å². The minimum atomic E-state index is 0.0530. The number of likely N-dealkylation sites (tertiary alicyclic amines) is 1. The number of hydrogen-bond acceptors (Lipinski definition) is 2. The van der Waals surface area contributed by atoms with Gasteiger partial charge >= 0.3 is 0 Å². The van der Waals surface area contributed by atoms with Gasteiger partial charge in [0.25, 0.3) is 0 Å². The molecule has 3 nitrogen and oxygen atoms in total. The average molecular weight is 353 g/mol. The number of halogens is 1. The molecule has 1 amide bonds. The number of nitrogens with zero attached hydrogens (tertiary/aromatic N) is 1. The molecule has 0 aromatic heterocycles. The Morgan fingerprint density at radius 1 is 1.33 bits per heavy atom. The molecule has 1 aliphatic rings. The Bertz CT molecular complexity index is 472. The molecule has 0 aliphatic carbocycles. The molecule has 0 saturated carbocycles. The largest absolute Gasteiger partial charge is 0.338 e. The van der Waals surface area contributed by atoms with Gasteiger partial charge < -0.3 is 10.6 Å². The second-order valence-corrected chi connectivity index (χ2v) is 7.08. The van der Waals surface area contributed by atoms with Crippen LogP contribution >= 0.6 is 15.9 Å². The minimum Gasteiger partial charge on any atom is -0.338 e. The lowest BCUT2D eigenvalue weighted by Gasteiger charge is -2.38. The summed E-state index contributed by atoms with van der Waals surface area (Å²) in [4.78, 5) is 14.6. The summed E-state index contributed by atoms with van der Waals surface area (Å²) >= 11 is 3.44. The molecule has 0 radical (unpaired) electrons. The summed E-state index contributed by atoms with van der Waals surface area (Å²) < 4.78 is 1.07. The molecule has 116 valence electrons. The van der Waals surface area contributed by atoms with Crippen molar-refractivity contribution in [1.29, 1.82) is 0 Å². The third kappa shape index (κ3) is 4.30. The summed E-state index contributed by atoms with van der Waals surface area (Å²) in [5, 5.41) is 0. The van der Waals surface area contributed by atoms with Crippen molar-refractivity contribution >= 4 is 21.8 Å². The monoisotopic (exact) mass is 352 g/mol. The standard InChI is InChI=1S/C17H25BrN2O/c1-12(14-6-8-15(18)9-7-14)11-17(21)20-10-4-3-5-16(20)13(2)19/h6-9,12-13,16H,3-5,10-11,19H2,1-2H3. The summed E-state index contributed by atoms with van der Waals surface area (Å²) in [5.41, 5.74) is 7.26. The smallest absolute Gasteiger partial charge is 0.223 e. The molecule has 3 unspecified atom stereocenters. The highest BCUT2D eigenvalue weighted by molar-refractivity contribution is 9.10. The lowest BCUT2D eigenvalue weighted by molar-refractivity contribution is -0.135. The minimum absolute atomic E-state index is 0.0530. The number of benzene rings is 1. The van der Waals surface area contributed by atoms with E-state index in [1.54, 1.807) is 0 Å². The molecule has 21 heavy (non-hydrogen) atoms. The first-order valence-corrected chi connectivity index (χ1v) is 8.59. The fourth-order valence-corrected chi connectivity index (χ4v) is 3.37. The topological polar surface area (TPSA) is 46.3 Å². The maximum absolute atomic E-state index is 12.6. The first-order chi connectivity index (χ1) is 9.99. The Labute approximate surface area is 136 Å². The zero-order chi connectivity index (χ0) is 15.4. The summed E-state index contributed by atoms with van der Waals surface area (Å²) in [6.45, 7) is 4.98. The van der Waals surface area contributed by atoms with Crippen LogP contribution in [0.3, 0.4) is 0 Å². The van der Waals surface area contributed by atoms with E-state index in [0.29, 0.717) is 6.42 Å². The highest BCUT2D eigenvalue weighted by Crippen LogP contribution is 2.25. The van der Waals surface area contributed by atoms with E-state index in [0.717, 1.165) is 23.9 Å². The SMILES string of the molecule is CC(CC(=O)N1CCCCC1C(C)N)c1ccc(Br)cc1. The van der Waals surface area contributed by atoms with E-state index < -0.39 is 0 Å². The second kappa shape index (κ2) is 7.41. The number of carbonyl (C=O) groups is 1. The van der Waals surface area contributed by atoms with Gasteiger partial charge in [-0.3, -0.25) is 4.79 Å². The van der Waals surface area contributed by atoms with Gasteiger partial charge in [0.1, 0.15) is 0 Å². The Morgan fingerprint density at radius 3 is 2.62 bits per heavy atom. The predicted molar refractivity (Wildman–Crippen MR) is 90.2 cm³/mol. The quantitative estimate of drug-likeness (QED) is 0.898. The van der Waals surface area contributed by atoms with Crippen LogP contribution in [-0.2, 0) is 4.79 Å². The molecule has 2 rings (SSSR count). The third-order valence-electron chi connectivity index (χ3n) is 4.40. The summed E-state index contributed by atoms with van der Waals surface area (Å²) in [6, 6.07) is 8.49. The molecule has 1 fully saturated rings. The van der Waals surface area contributed by atoms with Crippen molar-refractivity contribution in [3.8, 4) is 0 Å². The number of nitrogens with two attached hydrogens (primary N) is 1. The van der Waals surface area contributed by atoms with E-state index in [9.17, 15) is 4.79 Å². The van der Waals surface area contributed by atoms with Crippen molar-refractivity contribution in [3.63, 3.8) is 0 Å². The van der Waals surface area contributed by atoms with E-state index in [2.05, 4.69) is 35.0 Å². The predicted octanol–water partition coefficient (Wildman–Crippen LogP) is 3.67. The lowest BCUT2D eigenvalue weighted by Crippen LogP contribution is -2.51. The van der Waals surface area contributed by atoms with Gasteiger partial charge in [0.15, 0.2) is 0 Å². The number of piperidine rings is 1. The van der Waals surface area contributed by atoms with Crippen molar-refractivity contribution in [3.05, 3.63) is 34.3 Å². The molecule has 1 saturated heterocycles. The van der Waals surface area contributed by atoms with E-state index >= 15 is 0 Å². The first kappa shape index (κ1) is 16.5. The number of hydrogen-bond donors (Lipinski definition) is 1. The molecule has 2 N–H and O–H groups in total. The lowest BCUT2D eigenvalue weighted by atomic mass is 9.93. The van der Waals surface area contributed by atoms with Crippen LogP contribution in [0.2, 0.25) is 0 Å².